The number of hydrogen-bond acceptors (Lipinski definition) is 3. The second-order valence-corrected chi connectivity index (χ2v) is 8.05. The molecule has 0 amide bonds. The first-order chi connectivity index (χ1) is 14.7. The van der Waals surface area contributed by atoms with Crippen LogP contribution in [0.3, 0.4) is 0 Å². The number of allylic oxidation sites excluding steroid dienone is 4. The molecule has 1 heterocycles. The fraction of sp³-hybridized carbons (Fsp3) is 0.222. The summed E-state index contributed by atoms with van der Waals surface area (Å²) in [7, 11) is 4.19. The van der Waals surface area contributed by atoms with Gasteiger partial charge in [-0.15, -0.1) is 0 Å². The normalized spacial score (nSPS) is 20.2. The summed E-state index contributed by atoms with van der Waals surface area (Å²) in [5, 5.41) is 5.49. The van der Waals surface area contributed by atoms with E-state index in [1.54, 1.807) is 0 Å². The first-order valence-electron chi connectivity index (χ1n) is 10.5. The maximum Gasteiger partial charge on any atom is 0.126 e. The summed E-state index contributed by atoms with van der Waals surface area (Å²) in [6.45, 7) is 0. The smallest absolute Gasteiger partial charge is 0.126 e. The fourth-order valence-corrected chi connectivity index (χ4v) is 4.41. The van der Waals surface area contributed by atoms with E-state index in [2.05, 4.69) is 72.9 Å². The molecule has 1 aliphatic heterocycles. The highest BCUT2D eigenvalue weighted by Crippen LogP contribution is 2.30. The van der Waals surface area contributed by atoms with Gasteiger partial charge in [-0.05, 0) is 71.8 Å². The third-order valence-corrected chi connectivity index (χ3v) is 5.91. The van der Waals surface area contributed by atoms with Crippen LogP contribution in [-0.2, 0) is 11.2 Å². The number of hydrogen-bond donors (Lipinski definition) is 1. The topological polar surface area (TPSA) is 32.3 Å². The maximum absolute atomic E-state index is 11.4. The molecule has 2 aromatic rings. The zero-order chi connectivity index (χ0) is 20.9. The van der Waals surface area contributed by atoms with E-state index in [9.17, 15) is 4.79 Å². The molecule has 2 unspecified atom stereocenters. The molecule has 0 saturated heterocycles. The maximum atomic E-state index is 11.4. The highest BCUT2D eigenvalue weighted by molar-refractivity contribution is 5.75. The highest BCUT2D eigenvalue weighted by Gasteiger charge is 2.25. The molecule has 0 radical (unpaired) electrons. The van der Waals surface area contributed by atoms with Gasteiger partial charge in [0.15, 0.2) is 0 Å². The lowest BCUT2D eigenvalue weighted by Gasteiger charge is -2.31. The molecule has 30 heavy (non-hydrogen) atoms. The van der Waals surface area contributed by atoms with Crippen LogP contribution in [0.25, 0.3) is 23.3 Å². The van der Waals surface area contributed by atoms with E-state index in [1.165, 1.54) is 32.7 Å². The summed E-state index contributed by atoms with van der Waals surface area (Å²) < 4.78 is 0. The molecule has 0 spiro atoms. The first kappa shape index (κ1) is 20.1. The van der Waals surface area contributed by atoms with Crippen LogP contribution in [0.15, 0.2) is 73.1 Å². The quantitative estimate of drug-likeness (QED) is 0.789. The number of carbonyl (C=O) groups excluding carboxylic acids is 1. The van der Waals surface area contributed by atoms with Crippen LogP contribution in [0.1, 0.15) is 23.6 Å². The van der Waals surface area contributed by atoms with Gasteiger partial charge in [0, 0.05) is 24.4 Å². The minimum atomic E-state index is 0.00645. The second kappa shape index (κ2) is 9.10. The van der Waals surface area contributed by atoms with Crippen molar-refractivity contribution in [3.05, 3.63) is 94.7 Å². The van der Waals surface area contributed by atoms with Crippen LogP contribution < -0.4 is 15.8 Å². The van der Waals surface area contributed by atoms with Crippen molar-refractivity contribution in [3.8, 4) is 11.1 Å². The molecule has 2 atom stereocenters. The second-order valence-electron chi connectivity index (χ2n) is 8.05. The lowest BCUT2D eigenvalue weighted by Crippen LogP contribution is -2.40. The van der Waals surface area contributed by atoms with E-state index in [4.69, 9.17) is 0 Å². The van der Waals surface area contributed by atoms with Gasteiger partial charge >= 0.3 is 0 Å². The number of fused-ring (bicyclic) bond motifs is 5. The Labute approximate surface area is 178 Å². The number of nitrogens with one attached hydrogen (secondary N) is 1. The Hall–Kier alpha value is -3.17. The average Bonchev–Trinajstić information content (AvgIpc) is 3.11. The van der Waals surface area contributed by atoms with Gasteiger partial charge < -0.3 is 15.0 Å². The number of nitrogens with zero attached hydrogens (tertiary/aromatic N) is 1. The lowest BCUT2D eigenvalue weighted by atomic mass is 9.82. The molecule has 0 aromatic heterocycles. The van der Waals surface area contributed by atoms with Crippen molar-refractivity contribution in [3.63, 3.8) is 0 Å². The van der Waals surface area contributed by atoms with Crippen molar-refractivity contribution in [2.24, 2.45) is 5.92 Å². The van der Waals surface area contributed by atoms with Crippen molar-refractivity contribution in [2.75, 3.05) is 14.1 Å². The van der Waals surface area contributed by atoms with Crippen LogP contribution in [0.4, 0.5) is 0 Å². The van der Waals surface area contributed by atoms with E-state index >= 15 is 0 Å². The highest BCUT2D eigenvalue weighted by atomic mass is 16.1. The molecule has 0 fully saturated rings. The predicted molar refractivity (Wildman–Crippen MR) is 125 cm³/mol. The molecule has 0 saturated carbocycles. The summed E-state index contributed by atoms with van der Waals surface area (Å²) in [6.07, 6.45) is 19.0. The third-order valence-electron chi connectivity index (χ3n) is 5.91. The Morgan fingerprint density at radius 3 is 2.43 bits per heavy atom. The number of rotatable bonds is 2. The average molecular weight is 397 g/mol. The number of aldehydes is 1. The number of carbonyl (C=O) groups is 1. The van der Waals surface area contributed by atoms with Crippen LogP contribution in [0.5, 0.6) is 0 Å². The standard InChI is InChI=1S/C21H21NO.C6H7N/c1-22(2)21-12-14(13-23)11-20-18-8-7-15-5-3-4-6-16(15)17(18)9-10-19(20)21;1-2-4-6-7-5-3-1/h3-6,8-11,13-14,21H,7,12H2,1-2H3;1-7H. The Morgan fingerprint density at radius 1 is 0.933 bits per heavy atom. The van der Waals surface area contributed by atoms with Gasteiger partial charge in [0.1, 0.15) is 6.29 Å². The van der Waals surface area contributed by atoms with Crippen LogP contribution >= 0.6 is 0 Å². The van der Waals surface area contributed by atoms with Gasteiger partial charge in [0.2, 0.25) is 0 Å². The Kier molecular flexibility index (Phi) is 6.10. The molecule has 3 nitrogen and oxygen atoms in total. The van der Waals surface area contributed by atoms with Gasteiger partial charge in [0.25, 0.3) is 0 Å². The van der Waals surface area contributed by atoms with Crippen LogP contribution in [0, 0.1) is 5.92 Å². The Morgan fingerprint density at radius 2 is 1.70 bits per heavy atom. The van der Waals surface area contributed by atoms with E-state index < -0.39 is 0 Å². The summed E-state index contributed by atoms with van der Waals surface area (Å²) in [6, 6.07) is 13.4. The van der Waals surface area contributed by atoms with Crippen LogP contribution in [0.2, 0.25) is 0 Å². The molecular weight excluding hydrogens is 368 g/mol. The zero-order valence-electron chi connectivity index (χ0n) is 17.6. The van der Waals surface area contributed by atoms with E-state index in [-0.39, 0.29) is 5.92 Å². The van der Waals surface area contributed by atoms with Crippen molar-refractivity contribution in [1.82, 2.24) is 10.2 Å². The third kappa shape index (κ3) is 4.07. The lowest BCUT2D eigenvalue weighted by molar-refractivity contribution is -0.110. The monoisotopic (exact) mass is 396 g/mol. The first-order valence-corrected chi connectivity index (χ1v) is 10.5. The zero-order valence-corrected chi connectivity index (χ0v) is 17.6. The molecule has 152 valence electrons. The van der Waals surface area contributed by atoms with Crippen molar-refractivity contribution in [2.45, 2.75) is 18.9 Å². The molecule has 2 aromatic carbocycles. The van der Waals surface area contributed by atoms with Crippen molar-refractivity contribution < 1.29 is 4.79 Å². The number of benzene rings is 2. The summed E-state index contributed by atoms with van der Waals surface area (Å²) in [4.78, 5) is 13.7. The van der Waals surface area contributed by atoms with Crippen molar-refractivity contribution in [1.29, 1.82) is 0 Å². The molecule has 5 rings (SSSR count). The fourth-order valence-electron chi connectivity index (χ4n) is 4.41. The van der Waals surface area contributed by atoms with Crippen LogP contribution in [-0.4, -0.2) is 25.3 Å². The van der Waals surface area contributed by atoms with Crippen molar-refractivity contribution >= 4 is 18.4 Å². The Balaban J connectivity index is 0.000000265. The summed E-state index contributed by atoms with van der Waals surface area (Å²) in [5.41, 5.74) is 5.36. The summed E-state index contributed by atoms with van der Waals surface area (Å²) in [5.74, 6) is 0.00645. The van der Waals surface area contributed by atoms with E-state index in [0.717, 1.165) is 19.1 Å². The molecule has 3 aliphatic rings. The van der Waals surface area contributed by atoms with Gasteiger partial charge in [0.05, 0.1) is 0 Å². The predicted octanol–water partition coefficient (Wildman–Crippen LogP) is 3.47. The van der Waals surface area contributed by atoms with E-state index in [0.29, 0.717) is 6.04 Å². The largest absolute Gasteiger partial charge is 0.368 e. The molecule has 0 bridgehead atoms. The molecule has 2 aliphatic carbocycles. The SMILES string of the molecule is C1=CC=CNC=C1.CN(C)C1CC(C=O)C=c2c1ccc1c2=CCc2ccccc2-1. The minimum Gasteiger partial charge on any atom is -0.368 e. The van der Waals surface area contributed by atoms with Gasteiger partial charge in [-0.2, -0.15) is 0 Å². The summed E-state index contributed by atoms with van der Waals surface area (Å²) >= 11 is 0. The molecular formula is C27H28N2O. The van der Waals surface area contributed by atoms with E-state index in [1.807, 2.05) is 36.7 Å². The van der Waals surface area contributed by atoms with Gasteiger partial charge in [-0.3, -0.25) is 0 Å². The Bertz CT molecular complexity index is 1120. The minimum absolute atomic E-state index is 0.00645. The molecule has 1 N–H and O–H groups in total. The molecule has 3 heteroatoms. The van der Waals surface area contributed by atoms with Gasteiger partial charge in [-0.1, -0.05) is 60.7 Å². The van der Waals surface area contributed by atoms with Gasteiger partial charge in [-0.25, -0.2) is 0 Å².